The molecular weight excluding hydrogens is 186 g/mol. The third kappa shape index (κ3) is 5.01. The summed E-state index contributed by atoms with van der Waals surface area (Å²) in [5, 5.41) is 3.08. The summed E-state index contributed by atoms with van der Waals surface area (Å²) in [5.41, 5.74) is 0.620. The SMILES string of the molecule is C=C(C)C(=O)NC1CCCCCCCC1. The van der Waals surface area contributed by atoms with Crippen LogP contribution in [0.25, 0.3) is 0 Å². The molecule has 1 amide bonds. The molecule has 1 rings (SSSR count). The van der Waals surface area contributed by atoms with Gasteiger partial charge in [-0.1, -0.05) is 45.1 Å². The minimum atomic E-state index is 0.0271. The first-order chi connectivity index (χ1) is 7.20. The van der Waals surface area contributed by atoms with E-state index in [0.717, 1.165) is 12.8 Å². The summed E-state index contributed by atoms with van der Waals surface area (Å²) in [7, 11) is 0. The van der Waals surface area contributed by atoms with Crippen LogP contribution in [0.2, 0.25) is 0 Å². The fraction of sp³-hybridized carbons (Fsp3) is 0.769. The molecule has 0 unspecified atom stereocenters. The second-order valence-electron chi connectivity index (χ2n) is 4.65. The van der Waals surface area contributed by atoms with Crippen molar-refractivity contribution < 1.29 is 4.79 Å². The molecule has 1 aliphatic carbocycles. The van der Waals surface area contributed by atoms with Crippen LogP contribution in [0.4, 0.5) is 0 Å². The number of carbonyl (C=O) groups is 1. The van der Waals surface area contributed by atoms with Crippen molar-refractivity contribution in [1.29, 1.82) is 0 Å². The summed E-state index contributed by atoms with van der Waals surface area (Å²) in [4.78, 5) is 11.5. The van der Waals surface area contributed by atoms with Gasteiger partial charge in [0.2, 0.25) is 5.91 Å². The normalized spacial score (nSPS) is 19.8. The molecule has 0 saturated heterocycles. The Balaban J connectivity index is 2.36. The molecule has 15 heavy (non-hydrogen) atoms. The molecule has 0 aromatic rings. The van der Waals surface area contributed by atoms with Gasteiger partial charge in [-0.25, -0.2) is 0 Å². The quantitative estimate of drug-likeness (QED) is 0.695. The van der Waals surface area contributed by atoms with Gasteiger partial charge in [0.1, 0.15) is 0 Å². The molecule has 0 spiro atoms. The number of nitrogens with one attached hydrogen (secondary N) is 1. The third-order valence-electron chi connectivity index (χ3n) is 3.08. The van der Waals surface area contributed by atoms with E-state index in [-0.39, 0.29) is 5.91 Å². The van der Waals surface area contributed by atoms with Gasteiger partial charge in [0, 0.05) is 11.6 Å². The van der Waals surface area contributed by atoms with Gasteiger partial charge in [0.05, 0.1) is 0 Å². The van der Waals surface area contributed by atoms with Crippen LogP contribution in [-0.2, 0) is 4.79 Å². The number of carbonyl (C=O) groups excluding carboxylic acids is 1. The van der Waals surface area contributed by atoms with Gasteiger partial charge in [-0.3, -0.25) is 4.79 Å². The Morgan fingerprint density at radius 3 is 2.00 bits per heavy atom. The van der Waals surface area contributed by atoms with Crippen LogP contribution in [0, 0.1) is 0 Å². The molecule has 1 fully saturated rings. The van der Waals surface area contributed by atoms with E-state index in [1.165, 1.54) is 38.5 Å². The zero-order valence-corrected chi connectivity index (χ0v) is 9.85. The Kier molecular flexibility index (Phi) is 5.44. The van der Waals surface area contributed by atoms with Crippen LogP contribution >= 0.6 is 0 Å². The van der Waals surface area contributed by atoms with Crippen molar-refractivity contribution in [3.05, 3.63) is 12.2 Å². The lowest BCUT2D eigenvalue weighted by molar-refractivity contribution is -0.118. The number of hydrogen-bond acceptors (Lipinski definition) is 1. The molecule has 0 bridgehead atoms. The number of amides is 1. The van der Waals surface area contributed by atoms with Crippen molar-refractivity contribution in [1.82, 2.24) is 5.32 Å². The summed E-state index contributed by atoms with van der Waals surface area (Å²) in [6.07, 6.45) is 10.1. The van der Waals surface area contributed by atoms with E-state index in [2.05, 4.69) is 11.9 Å². The number of hydrogen-bond donors (Lipinski definition) is 1. The van der Waals surface area contributed by atoms with Gasteiger partial charge in [-0.15, -0.1) is 0 Å². The minimum Gasteiger partial charge on any atom is -0.350 e. The molecule has 1 aliphatic rings. The Bertz CT molecular complexity index is 213. The average Bonchev–Trinajstić information content (AvgIpc) is 2.31. The highest BCUT2D eigenvalue weighted by molar-refractivity contribution is 5.92. The Morgan fingerprint density at radius 1 is 1.07 bits per heavy atom. The lowest BCUT2D eigenvalue weighted by Gasteiger charge is -2.17. The van der Waals surface area contributed by atoms with Gasteiger partial charge in [-0.05, 0) is 19.8 Å². The molecule has 0 aromatic carbocycles. The fourth-order valence-corrected chi connectivity index (χ4v) is 2.09. The Morgan fingerprint density at radius 2 is 1.53 bits per heavy atom. The monoisotopic (exact) mass is 209 g/mol. The van der Waals surface area contributed by atoms with Gasteiger partial charge >= 0.3 is 0 Å². The molecule has 2 nitrogen and oxygen atoms in total. The standard InChI is InChI=1S/C13H23NO/c1-11(2)13(15)14-12-9-7-5-3-4-6-8-10-12/h12H,1,3-10H2,2H3,(H,14,15). The van der Waals surface area contributed by atoms with Gasteiger partial charge in [-0.2, -0.15) is 0 Å². The first-order valence-electron chi connectivity index (χ1n) is 6.16. The molecule has 1 saturated carbocycles. The molecule has 2 heteroatoms. The smallest absolute Gasteiger partial charge is 0.246 e. The van der Waals surface area contributed by atoms with Crippen LogP contribution in [0.1, 0.15) is 58.3 Å². The van der Waals surface area contributed by atoms with Crippen molar-refractivity contribution in [2.24, 2.45) is 0 Å². The third-order valence-corrected chi connectivity index (χ3v) is 3.08. The van der Waals surface area contributed by atoms with Crippen LogP contribution in [0.15, 0.2) is 12.2 Å². The van der Waals surface area contributed by atoms with E-state index in [1.807, 2.05) is 0 Å². The molecule has 86 valence electrons. The lowest BCUT2D eigenvalue weighted by Crippen LogP contribution is -2.35. The molecule has 0 aromatic heterocycles. The second kappa shape index (κ2) is 6.65. The molecule has 0 heterocycles. The van der Waals surface area contributed by atoms with Gasteiger partial charge in [0.25, 0.3) is 0 Å². The summed E-state index contributed by atoms with van der Waals surface area (Å²) >= 11 is 0. The second-order valence-corrected chi connectivity index (χ2v) is 4.65. The maximum absolute atomic E-state index is 11.5. The highest BCUT2D eigenvalue weighted by Gasteiger charge is 2.13. The van der Waals surface area contributed by atoms with E-state index in [1.54, 1.807) is 6.92 Å². The van der Waals surface area contributed by atoms with Crippen LogP contribution in [0.5, 0.6) is 0 Å². The minimum absolute atomic E-state index is 0.0271. The van der Waals surface area contributed by atoms with Crippen LogP contribution in [0.3, 0.4) is 0 Å². The maximum atomic E-state index is 11.5. The summed E-state index contributed by atoms with van der Waals surface area (Å²) in [6, 6.07) is 0.382. The Hall–Kier alpha value is -0.790. The van der Waals surface area contributed by atoms with Crippen LogP contribution in [-0.4, -0.2) is 11.9 Å². The molecule has 1 N–H and O–H groups in total. The van der Waals surface area contributed by atoms with Crippen molar-refractivity contribution in [3.63, 3.8) is 0 Å². The van der Waals surface area contributed by atoms with Crippen molar-refractivity contribution in [3.8, 4) is 0 Å². The van der Waals surface area contributed by atoms with Crippen molar-refractivity contribution >= 4 is 5.91 Å². The maximum Gasteiger partial charge on any atom is 0.246 e. The highest BCUT2D eigenvalue weighted by Crippen LogP contribution is 2.17. The predicted molar refractivity (Wildman–Crippen MR) is 63.7 cm³/mol. The number of rotatable bonds is 2. The Labute approximate surface area is 93.1 Å². The van der Waals surface area contributed by atoms with Crippen LogP contribution < -0.4 is 5.32 Å². The van der Waals surface area contributed by atoms with Gasteiger partial charge < -0.3 is 5.32 Å². The van der Waals surface area contributed by atoms with E-state index < -0.39 is 0 Å². The zero-order chi connectivity index (χ0) is 11.1. The lowest BCUT2D eigenvalue weighted by atomic mass is 10.0. The average molecular weight is 209 g/mol. The van der Waals surface area contributed by atoms with Gasteiger partial charge in [0.15, 0.2) is 0 Å². The zero-order valence-electron chi connectivity index (χ0n) is 9.85. The van der Waals surface area contributed by atoms with E-state index in [0.29, 0.717) is 11.6 Å². The fourth-order valence-electron chi connectivity index (χ4n) is 2.09. The largest absolute Gasteiger partial charge is 0.350 e. The summed E-state index contributed by atoms with van der Waals surface area (Å²) in [6.45, 7) is 5.44. The predicted octanol–water partition coefficient (Wildman–Crippen LogP) is 3.18. The van der Waals surface area contributed by atoms with E-state index in [4.69, 9.17) is 0 Å². The highest BCUT2D eigenvalue weighted by atomic mass is 16.1. The first kappa shape index (κ1) is 12.3. The first-order valence-corrected chi connectivity index (χ1v) is 6.16. The molecule has 0 atom stereocenters. The molecule has 0 radical (unpaired) electrons. The van der Waals surface area contributed by atoms with Crippen molar-refractivity contribution in [2.45, 2.75) is 64.3 Å². The van der Waals surface area contributed by atoms with Crippen molar-refractivity contribution in [2.75, 3.05) is 0 Å². The summed E-state index contributed by atoms with van der Waals surface area (Å²) < 4.78 is 0. The van der Waals surface area contributed by atoms with E-state index >= 15 is 0 Å². The molecular formula is C13H23NO. The van der Waals surface area contributed by atoms with E-state index in [9.17, 15) is 4.79 Å². The summed E-state index contributed by atoms with van der Waals surface area (Å²) in [5.74, 6) is 0.0271. The topological polar surface area (TPSA) is 29.1 Å². The molecule has 0 aliphatic heterocycles.